The summed E-state index contributed by atoms with van der Waals surface area (Å²) in [6, 6.07) is 0. The van der Waals surface area contributed by atoms with Crippen LogP contribution in [0.5, 0.6) is 0 Å². The smallest absolute Gasteiger partial charge is 0.262 e. The SMILES string of the molecule is CN(CCS(C)(=O)=O)S(=O)(=O)c1c(N)ncn1C. The highest BCUT2D eigenvalue weighted by atomic mass is 32.2. The van der Waals surface area contributed by atoms with Gasteiger partial charge in [-0.2, -0.15) is 4.31 Å². The summed E-state index contributed by atoms with van der Waals surface area (Å²) >= 11 is 0. The van der Waals surface area contributed by atoms with Crippen LogP contribution in [0.1, 0.15) is 0 Å². The molecule has 18 heavy (non-hydrogen) atoms. The highest BCUT2D eigenvalue weighted by Gasteiger charge is 2.27. The number of aromatic nitrogens is 2. The van der Waals surface area contributed by atoms with Crippen LogP contribution in [0.25, 0.3) is 0 Å². The number of nitrogens with two attached hydrogens (primary N) is 1. The second-order valence-electron chi connectivity index (χ2n) is 4.00. The Hall–Kier alpha value is -1.13. The van der Waals surface area contributed by atoms with E-state index in [4.69, 9.17) is 5.73 Å². The van der Waals surface area contributed by atoms with Gasteiger partial charge in [0.1, 0.15) is 9.84 Å². The molecule has 0 aromatic carbocycles. The Morgan fingerprint density at radius 2 is 1.94 bits per heavy atom. The fraction of sp³-hybridized carbons (Fsp3) is 0.625. The molecule has 0 bridgehead atoms. The van der Waals surface area contributed by atoms with E-state index < -0.39 is 19.9 Å². The van der Waals surface area contributed by atoms with Gasteiger partial charge >= 0.3 is 0 Å². The molecule has 1 aromatic heterocycles. The maximum absolute atomic E-state index is 12.1. The van der Waals surface area contributed by atoms with E-state index in [9.17, 15) is 16.8 Å². The van der Waals surface area contributed by atoms with E-state index in [0.29, 0.717) is 0 Å². The van der Waals surface area contributed by atoms with Crippen molar-refractivity contribution in [3.05, 3.63) is 6.33 Å². The lowest BCUT2D eigenvalue weighted by Crippen LogP contribution is -2.33. The van der Waals surface area contributed by atoms with Gasteiger partial charge in [0.2, 0.25) is 0 Å². The molecule has 0 saturated heterocycles. The molecule has 0 aliphatic heterocycles. The van der Waals surface area contributed by atoms with Crippen molar-refractivity contribution < 1.29 is 16.8 Å². The van der Waals surface area contributed by atoms with Crippen molar-refractivity contribution in [2.75, 3.05) is 31.3 Å². The first-order chi connectivity index (χ1) is 8.05. The first-order valence-electron chi connectivity index (χ1n) is 4.96. The Balaban J connectivity index is 3.01. The van der Waals surface area contributed by atoms with E-state index in [1.807, 2.05) is 0 Å². The van der Waals surface area contributed by atoms with Crippen molar-refractivity contribution in [1.82, 2.24) is 13.9 Å². The summed E-state index contributed by atoms with van der Waals surface area (Å²) in [6.45, 7) is -0.133. The van der Waals surface area contributed by atoms with Crippen molar-refractivity contribution in [3.63, 3.8) is 0 Å². The van der Waals surface area contributed by atoms with Crippen LogP contribution in [-0.2, 0) is 26.9 Å². The van der Waals surface area contributed by atoms with Gasteiger partial charge in [0, 0.05) is 26.9 Å². The highest BCUT2D eigenvalue weighted by Crippen LogP contribution is 2.19. The fourth-order valence-corrected chi connectivity index (χ4v) is 3.39. The zero-order valence-corrected chi connectivity index (χ0v) is 12.0. The molecule has 0 saturated carbocycles. The molecular formula is C8H16N4O4S2. The van der Waals surface area contributed by atoms with Crippen molar-refractivity contribution in [2.24, 2.45) is 7.05 Å². The fourth-order valence-electron chi connectivity index (χ4n) is 1.31. The Labute approximate surface area is 106 Å². The average molecular weight is 296 g/mol. The number of hydrogen-bond acceptors (Lipinski definition) is 6. The summed E-state index contributed by atoms with van der Waals surface area (Å²) in [4.78, 5) is 3.69. The van der Waals surface area contributed by atoms with Crippen LogP contribution < -0.4 is 5.73 Å². The van der Waals surface area contributed by atoms with Crippen molar-refractivity contribution in [3.8, 4) is 0 Å². The van der Waals surface area contributed by atoms with Crippen LogP contribution in [0.4, 0.5) is 5.82 Å². The molecule has 0 atom stereocenters. The van der Waals surface area contributed by atoms with Crippen molar-refractivity contribution in [2.45, 2.75) is 5.03 Å². The zero-order chi connectivity index (χ0) is 14.1. The van der Waals surface area contributed by atoms with Gasteiger partial charge < -0.3 is 10.3 Å². The van der Waals surface area contributed by atoms with E-state index in [1.165, 1.54) is 25.0 Å². The molecule has 104 valence electrons. The van der Waals surface area contributed by atoms with Crippen LogP contribution in [0.15, 0.2) is 11.4 Å². The molecule has 10 heteroatoms. The molecule has 1 heterocycles. The Kier molecular flexibility index (Phi) is 4.03. The minimum absolute atomic E-state index is 0.108. The first-order valence-corrected chi connectivity index (χ1v) is 8.46. The van der Waals surface area contributed by atoms with Crippen molar-refractivity contribution in [1.29, 1.82) is 0 Å². The summed E-state index contributed by atoms with van der Waals surface area (Å²) in [5.74, 6) is -0.357. The quantitative estimate of drug-likeness (QED) is 0.719. The number of sulfonamides is 1. The molecule has 0 aliphatic rings. The van der Waals surface area contributed by atoms with Crippen LogP contribution in [-0.4, -0.2) is 56.3 Å². The van der Waals surface area contributed by atoms with Gasteiger partial charge in [-0.15, -0.1) is 0 Å². The zero-order valence-electron chi connectivity index (χ0n) is 10.4. The average Bonchev–Trinajstić information content (AvgIpc) is 2.54. The number of aryl methyl sites for hydroxylation is 1. The number of nitrogen functional groups attached to an aromatic ring is 1. The molecule has 0 spiro atoms. The van der Waals surface area contributed by atoms with E-state index in [0.717, 1.165) is 10.6 Å². The molecule has 1 rings (SSSR count). The number of hydrogen-bond donors (Lipinski definition) is 1. The molecule has 2 N–H and O–H groups in total. The molecule has 8 nitrogen and oxygen atoms in total. The van der Waals surface area contributed by atoms with Gasteiger partial charge in [-0.3, -0.25) is 0 Å². The van der Waals surface area contributed by atoms with Gasteiger partial charge in [0.15, 0.2) is 10.8 Å². The van der Waals surface area contributed by atoms with Crippen molar-refractivity contribution >= 4 is 25.7 Å². The second-order valence-corrected chi connectivity index (χ2v) is 8.22. The van der Waals surface area contributed by atoms with E-state index in [2.05, 4.69) is 4.98 Å². The summed E-state index contributed by atoms with van der Waals surface area (Å²) < 4.78 is 48.5. The molecule has 0 radical (unpaired) electrons. The van der Waals surface area contributed by atoms with Crippen LogP contribution in [0.3, 0.4) is 0 Å². The number of sulfone groups is 1. The summed E-state index contributed by atoms with van der Waals surface area (Å²) in [6.07, 6.45) is 2.33. The topological polar surface area (TPSA) is 115 Å². The lowest BCUT2D eigenvalue weighted by atomic mass is 10.8. The van der Waals surface area contributed by atoms with E-state index in [-0.39, 0.29) is 23.1 Å². The van der Waals surface area contributed by atoms with Gasteiger partial charge in [0.05, 0.1) is 12.1 Å². The number of imidazole rings is 1. The molecule has 0 fully saturated rings. The summed E-state index contributed by atoms with van der Waals surface area (Å²) in [5, 5.41) is -0.140. The number of nitrogens with zero attached hydrogens (tertiary/aromatic N) is 3. The predicted molar refractivity (Wildman–Crippen MR) is 67.1 cm³/mol. The number of anilines is 1. The maximum atomic E-state index is 12.1. The minimum Gasteiger partial charge on any atom is -0.381 e. The van der Waals surface area contributed by atoms with Gasteiger partial charge in [-0.1, -0.05) is 0 Å². The summed E-state index contributed by atoms with van der Waals surface area (Å²) in [5.41, 5.74) is 5.49. The third kappa shape index (κ3) is 3.21. The lowest BCUT2D eigenvalue weighted by molar-refractivity contribution is 0.478. The molecule has 0 aliphatic carbocycles. The van der Waals surface area contributed by atoms with Gasteiger partial charge in [0.25, 0.3) is 10.0 Å². The maximum Gasteiger partial charge on any atom is 0.262 e. The first kappa shape index (κ1) is 14.9. The lowest BCUT2D eigenvalue weighted by Gasteiger charge is -2.16. The van der Waals surface area contributed by atoms with Gasteiger partial charge in [-0.05, 0) is 0 Å². The highest BCUT2D eigenvalue weighted by molar-refractivity contribution is 7.91. The van der Waals surface area contributed by atoms with E-state index in [1.54, 1.807) is 0 Å². The standard InChI is InChI=1S/C8H16N4O4S2/c1-11-6-10-7(9)8(11)18(15,16)12(2)4-5-17(3,13)14/h6H,4-5,9H2,1-3H3. The van der Waals surface area contributed by atoms with Crippen LogP contribution in [0, 0.1) is 0 Å². The predicted octanol–water partition coefficient (Wildman–Crippen LogP) is -1.33. The molecule has 1 aromatic rings. The normalized spacial score (nSPS) is 13.1. The molecule has 0 unspecified atom stereocenters. The molecule has 0 amide bonds. The third-order valence-corrected chi connectivity index (χ3v) is 5.25. The van der Waals surface area contributed by atoms with Crippen LogP contribution >= 0.6 is 0 Å². The van der Waals surface area contributed by atoms with Crippen LogP contribution in [0.2, 0.25) is 0 Å². The third-order valence-electron chi connectivity index (χ3n) is 2.34. The Morgan fingerprint density at radius 3 is 2.33 bits per heavy atom. The minimum atomic E-state index is -3.84. The number of rotatable bonds is 5. The van der Waals surface area contributed by atoms with E-state index >= 15 is 0 Å². The molecular weight excluding hydrogens is 280 g/mol. The second kappa shape index (κ2) is 4.86. The Morgan fingerprint density at radius 1 is 1.39 bits per heavy atom. The monoisotopic (exact) mass is 296 g/mol. The summed E-state index contributed by atoms with van der Waals surface area (Å²) in [7, 11) is -4.26. The van der Waals surface area contributed by atoms with Gasteiger partial charge in [-0.25, -0.2) is 21.8 Å². The largest absolute Gasteiger partial charge is 0.381 e. The Bertz CT molecular complexity index is 613.